The van der Waals surface area contributed by atoms with E-state index in [-0.39, 0.29) is 18.1 Å². The molecule has 0 saturated carbocycles. The van der Waals surface area contributed by atoms with Gasteiger partial charge in [0.1, 0.15) is 5.82 Å². The Hall–Kier alpha value is -0.940. The first kappa shape index (κ1) is 14.5. The molecule has 1 aliphatic heterocycles. The molecule has 1 amide bonds. The van der Waals surface area contributed by atoms with Crippen molar-refractivity contribution in [3.05, 3.63) is 34.1 Å². The van der Waals surface area contributed by atoms with Gasteiger partial charge in [0.25, 0.3) is 0 Å². The maximum atomic E-state index is 13.5. The normalized spacial score (nSPS) is 19.6. The number of benzene rings is 1. The SMILES string of the molecule is CN1CC[C@@H](CNC(=O)Cc2cc(Br)ccc2F)C1. The Kier molecular flexibility index (Phi) is 4.93. The lowest BCUT2D eigenvalue weighted by Crippen LogP contribution is -2.31. The number of halogens is 2. The van der Waals surface area contributed by atoms with Crippen LogP contribution in [0.4, 0.5) is 4.39 Å². The minimum absolute atomic E-state index is 0.0911. The molecule has 2 rings (SSSR count). The Balaban J connectivity index is 1.82. The summed E-state index contributed by atoms with van der Waals surface area (Å²) in [5.41, 5.74) is 0.426. The maximum absolute atomic E-state index is 13.5. The van der Waals surface area contributed by atoms with Crippen LogP contribution in [-0.4, -0.2) is 37.5 Å². The summed E-state index contributed by atoms with van der Waals surface area (Å²) < 4.78 is 14.3. The molecule has 19 heavy (non-hydrogen) atoms. The number of carbonyl (C=O) groups excluding carboxylic acids is 1. The Morgan fingerprint density at radius 1 is 1.58 bits per heavy atom. The van der Waals surface area contributed by atoms with Gasteiger partial charge in [-0.15, -0.1) is 0 Å². The highest BCUT2D eigenvalue weighted by molar-refractivity contribution is 9.10. The van der Waals surface area contributed by atoms with Gasteiger partial charge in [0.15, 0.2) is 0 Å². The summed E-state index contributed by atoms with van der Waals surface area (Å²) >= 11 is 3.28. The highest BCUT2D eigenvalue weighted by atomic mass is 79.9. The van der Waals surface area contributed by atoms with Gasteiger partial charge < -0.3 is 10.2 Å². The van der Waals surface area contributed by atoms with Gasteiger partial charge in [-0.2, -0.15) is 0 Å². The zero-order valence-corrected chi connectivity index (χ0v) is 12.5. The average Bonchev–Trinajstić information content (AvgIpc) is 2.77. The topological polar surface area (TPSA) is 32.3 Å². The molecule has 1 N–H and O–H groups in total. The zero-order chi connectivity index (χ0) is 13.8. The highest BCUT2D eigenvalue weighted by Crippen LogP contribution is 2.16. The van der Waals surface area contributed by atoms with Crippen molar-refractivity contribution in [2.75, 3.05) is 26.7 Å². The van der Waals surface area contributed by atoms with E-state index in [0.29, 0.717) is 18.0 Å². The van der Waals surface area contributed by atoms with Crippen molar-refractivity contribution in [2.45, 2.75) is 12.8 Å². The van der Waals surface area contributed by atoms with Gasteiger partial charge in [0, 0.05) is 17.6 Å². The first-order valence-electron chi connectivity index (χ1n) is 6.44. The standard InChI is InChI=1S/C14H18BrFN2O/c1-18-5-4-10(9-18)8-17-14(19)7-11-6-12(15)2-3-13(11)16/h2-3,6,10H,4-5,7-9H2,1H3,(H,17,19)/t10-/m0/s1. The van der Waals surface area contributed by atoms with Gasteiger partial charge in [-0.05, 0) is 49.7 Å². The number of hydrogen-bond acceptors (Lipinski definition) is 2. The molecule has 0 unspecified atom stereocenters. The summed E-state index contributed by atoms with van der Waals surface area (Å²) in [6, 6.07) is 4.65. The highest BCUT2D eigenvalue weighted by Gasteiger charge is 2.20. The van der Waals surface area contributed by atoms with Gasteiger partial charge in [0.05, 0.1) is 6.42 Å². The fourth-order valence-corrected chi connectivity index (χ4v) is 2.77. The van der Waals surface area contributed by atoms with E-state index < -0.39 is 0 Å². The van der Waals surface area contributed by atoms with E-state index in [1.54, 1.807) is 12.1 Å². The molecule has 1 saturated heterocycles. The number of hydrogen-bond donors (Lipinski definition) is 1. The van der Waals surface area contributed by atoms with Crippen molar-refractivity contribution in [2.24, 2.45) is 5.92 Å². The molecule has 0 aliphatic carbocycles. The summed E-state index contributed by atoms with van der Waals surface area (Å²) in [5.74, 6) is 0.0619. The van der Waals surface area contributed by atoms with Gasteiger partial charge >= 0.3 is 0 Å². The molecule has 1 aromatic carbocycles. The van der Waals surface area contributed by atoms with Crippen LogP contribution in [0.1, 0.15) is 12.0 Å². The van der Waals surface area contributed by atoms with E-state index >= 15 is 0 Å². The minimum atomic E-state index is -0.334. The van der Waals surface area contributed by atoms with Gasteiger partial charge in [-0.3, -0.25) is 4.79 Å². The number of nitrogens with zero attached hydrogens (tertiary/aromatic N) is 1. The smallest absolute Gasteiger partial charge is 0.224 e. The lowest BCUT2D eigenvalue weighted by molar-refractivity contribution is -0.120. The second-order valence-corrected chi connectivity index (χ2v) is 6.05. The lowest BCUT2D eigenvalue weighted by atomic mass is 10.1. The molecule has 5 heteroatoms. The fourth-order valence-electron chi connectivity index (χ4n) is 2.37. The van der Waals surface area contributed by atoms with Crippen molar-refractivity contribution >= 4 is 21.8 Å². The van der Waals surface area contributed by atoms with Crippen LogP contribution in [0.5, 0.6) is 0 Å². The van der Waals surface area contributed by atoms with Crippen molar-refractivity contribution in [1.29, 1.82) is 0 Å². The largest absolute Gasteiger partial charge is 0.355 e. The zero-order valence-electron chi connectivity index (χ0n) is 11.0. The van der Waals surface area contributed by atoms with Crippen LogP contribution in [0.2, 0.25) is 0 Å². The molecule has 3 nitrogen and oxygen atoms in total. The number of rotatable bonds is 4. The predicted octanol–water partition coefficient (Wildman–Crippen LogP) is 2.20. The van der Waals surface area contributed by atoms with E-state index in [2.05, 4.69) is 33.2 Å². The number of carbonyl (C=O) groups is 1. The molecular weight excluding hydrogens is 311 g/mol. The third-order valence-corrected chi connectivity index (χ3v) is 3.93. The Morgan fingerprint density at radius 3 is 3.05 bits per heavy atom. The number of amides is 1. The summed E-state index contributed by atoms with van der Waals surface area (Å²) in [4.78, 5) is 14.1. The lowest BCUT2D eigenvalue weighted by Gasteiger charge is -2.12. The molecule has 1 fully saturated rings. The van der Waals surface area contributed by atoms with Crippen LogP contribution in [0, 0.1) is 11.7 Å². The Labute approximate surface area is 121 Å². The van der Waals surface area contributed by atoms with E-state index in [9.17, 15) is 9.18 Å². The van der Waals surface area contributed by atoms with Crippen LogP contribution in [0.15, 0.2) is 22.7 Å². The average molecular weight is 329 g/mol. The van der Waals surface area contributed by atoms with Gasteiger partial charge in [-0.1, -0.05) is 15.9 Å². The number of nitrogens with one attached hydrogen (secondary N) is 1. The van der Waals surface area contributed by atoms with Crippen LogP contribution in [0.25, 0.3) is 0 Å². The monoisotopic (exact) mass is 328 g/mol. The number of likely N-dealkylation sites (tertiary alicyclic amines) is 1. The van der Waals surface area contributed by atoms with Gasteiger partial charge in [-0.25, -0.2) is 4.39 Å². The Morgan fingerprint density at radius 2 is 2.37 bits per heavy atom. The van der Waals surface area contributed by atoms with Crippen molar-refractivity contribution in [1.82, 2.24) is 10.2 Å². The quantitative estimate of drug-likeness (QED) is 0.919. The molecule has 1 aliphatic rings. The van der Waals surface area contributed by atoms with Gasteiger partial charge in [0.2, 0.25) is 5.91 Å². The van der Waals surface area contributed by atoms with Crippen LogP contribution >= 0.6 is 15.9 Å². The summed E-state index contributed by atoms with van der Waals surface area (Å²) in [5, 5.41) is 2.89. The molecule has 1 aromatic rings. The second kappa shape index (κ2) is 6.48. The molecule has 0 bridgehead atoms. The van der Waals surface area contributed by atoms with Crippen LogP contribution in [0.3, 0.4) is 0 Å². The second-order valence-electron chi connectivity index (χ2n) is 5.13. The summed E-state index contributed by atoms with van der Waals surface area (Å²) in [7, 11) is 2.08. The first-order chi connectivity index (χ1) is 9.04. The third kappa shape index (κ3) is 4.28. The van der Waals surface area contributed by atoms with Crippen molar-refractivity contribution in [3.8, 4) is 0 Å². The van der Waals surface area contributed by atoms with Crippen LogP contribution < -0.4 is 5.32 Å². The summed E-state index contributed by atoms with van der Waals surface area (Å²) in [6.45, 7) is 2.78. The molecule has 0 aromatic heterocycles. The van der Waals surface area contributed by atoms with Crippen molar-refractivity contribution < 1.29 is 9.18 Å². The maximum Gasteiger partial charge on any atom is 0.224 e. The molecule has 1 atom stereocenters. The molecule has 1 heterocycles. The van der Waals surface area contributed by atoms with E-state index in [0.717, 1.165) is 24.0 Å². The predicted molar refractivity (Wildman–Crippen MR) is 76.4 cm³/mol. The fraction of sp³-hybridized carbons (Fsp3) is 0.500. The third-order valence-electron chi connectivity index (χ3n) is 3.44. The molecular formula is C14H18BrFN2O. The Bertz CT molecular complexity index is 467. The molecule has 0 radical (unpaired) electrons. The van der Waals surface area contributed by atoms with Crippen molar-refractivity contribution in [3.63, 3.8) is 0 Å². The van der Waals surface area contributed by atoms with E-state index in [4.69, 9.17) is 0 Å². The summed E-state index contributed by atoms with van der Waals surface area (Å²) in [6.07, 6.45) is 1.20. The van der Waals surface area contributed by atoms with E-state index in [1.807, 2.05) is 0 Å². The minimum Gasteiger partial charge on any atom is -0.355 e. The first-order valence-corrected chi connectivity index (χ1v) is 7.23. The molecule has 104 valence electrons. The van der Waals surface area contributed by atoms with Crippen LogP contribution in [-0.2, 0) is 11.2 Å². The molecule has 0 spiro atoms. The van der Waals surface area contributed by atoms with E-state index in [1.165, 1.54) is 6.07 Å².